The van der Waals surface area contributed by atoms with Crippen LogP contribution in [0.25, 0.3) is 10.8 Å². The van der Waals surface area contributed by atoms with Crippen molar-refractivity contribution < 1.29 is 46.3 Å². The zero-order valence-electron chi connectivity index (χ0n) is 25.8. The molecule has 0 saturated heterocycles. The maximum Gasteiger partial charge on any atom is 2.00 e. The fourth-order valence-electron chi connectivity index (χ4n) is 3.20. The Morgan fingerprint density at radius 3 is 0.980 bits per heavy atom. The Morgan fingerprint density at radius 2 is 0.878 bits per heavy atom. The summed E-state index contributed by atoms with van der Waals surface area (Å²) in [5, 5.41) is 52.4. The number of methoxy groups -OCH3 is 2. The van der Waals surface area contributed by atoms with E-state index in [4.69, 9.17) is 30.8 Å². The van der Waals surface area contributed by atoms with Crippen LogP contribution in [-0.2, 0) is 47.7 Å². The number of amides is 2. The van der Waals surface area contributed by atoms with Gasteiger partial charge in [0.05, 0.1) is 0 Å². The molecule has 4 aromatic heterocycles. The van der Waals surface area contributed by atoms with Gasteiger partial charge in [-0.3, -0.25) is 29.5 Å². The summed E-state index contributed by atoms with van der Waals surface area (Å²) in [5.41, 5.74) is 9.60. The topological polar surface area (TPSA) is 289 Å². The van der Waals surface area contributed by atoms with Crippen molar-refractivity contribution in [3.05, 3.63) is 142 Å². The number of primary amides is 2. The van der Waals surface area contributed by atoms with Crippen LogP contribution in [0.5, 0.6) is 0 Å². The van der Waals surface area contributed by atoms with Crippen LogP contribution in [0.4, 0.5) is 0 Å². The molecule has 49 heavy (non-hydrogen) atoms. The molecule has 0 saturated carbocycles. The van der Waals surface area contributed by atoms with Gasteiger partial charge in [-0.25, -0.2) is 11.7 Å². The quantitative estimate of drug-likeness (QED) is 0.0653. The van der Waals surface area contributed by atoms with Gasteiger partial charge in [0.25, 0.3) is 23.4 Å². The Hall–Kier alpha value is -6.22. The predicted molar refractivity (Wildman–Crippen MR) is 170 cm³/mol. The summed E-state index contributed by atoms with van der Waals surface area (Å²) in [7, 11) is 2.84. The van der Waals surface area contributed by atoms with Gasteiger partial charge in [0.15, 0.2) is 0 Å². The Bertz CT molecular complexity index is 1590. The van der Waals surface area contributed by atoms with E-state index in [0.29, 0.717) is 22.8 Å². The molecule has 2 amide bonds. The summed E-state index contributed by atoms with van der Waals surface area (Å²) in [6, 6.07) is 23.7. The summed E-state index contributed by atoms with van der Waals surface area (Å²) in [6.45, 7) is 0. The largest absolute Gasteiger partial charge is 2.00 e. The normalized spacial score (nSPS) is 9.51. The van der Waals surface area contributed by atoms with Crippen molar-refractivity contribution in [1.82, 2.24) is 19.9 Å². The zero-order chi connectivity index (χ0) is 36.0. The van der Waals surface area contributed by atoms with Crippen molar-refractivity contribution in [1.29, 1.82) is 10.5 Å². The van der Waals surface area contributed by atoms with Crippen molar-refractivity contribution in [2.24, 2.45) is 11.5 Å². The van der Waals surface area contributed by atoms with E-state index in [2.05, 4.69) is 31.4 Å². The van der Waals surface area contributed by atoms with Crippen molar-refractivity contribution in [3.63, 3.8) is 0 Å². The van der Waals surface area contributed by atoms with E-state index in [9.17, 15) is 19.8 Å². The molecular formula is C32H28CuN10O6. The molecular weight excluding hydrogens is 684 g/mol. The first-order valence-electron chi connectivity index (χ1n) is 13.1. The third-order valence-electron chi connectivity index (χ3n) is 5.58. The molecule has 0 spiro atoms. The fourth-order valence-corrected chi connectivity index (χ4v) is 3.20. The third-order valence-corrected chi connectivity index (χ3v) is 5.58. The molecule has 0 atom stereocenters. The number of aliphatic hydroxyl groups is 2. The van der Waals surface area contributed by atoms with Gasteiger partial charge in [-0.15, -0.1) is 0 Å². The maximum absolute atomic E-state index is 10.4. The van der Waals surface area contributed by atoms with Gasteiger partial charge < -0.3 is 42.0 Å². The Morgan fingerprint density at radius 1 is 0.633 bits per heavy atom. The van der Waals surface area contributed by atoms with Crippen LogP contribution >= 0.6 is 0 Å². The minimum atomic E-state index is -1.59. The second-order valence-electron chi connectivity index (χ2n) is 8.48. The van der Waals surface area contributed by atoms with Gasteiger partial charge in [0.1, 0.15) is 46.1 Å². The van der Waals surface area contributed by atoms with Crippen molar-refractivity contribution in [3.8, 4) is 12.1 Å². The number of rotatable bonds is 8. The molecule has 0 bridgehead atoms. The van der Waals surface area contributed by atoms with E-state index >= 15 is 0 Å². The number of nitriles is 2. The second-order valence-corrected chi connectivity index (χ2v) is 8.48. The van der Waals surface area contributed by atoms with Crippen LogP contribution in [0.2, 0.25) is 0 Å². The third kappa shape index (κ3) is 12.8. The number of hydrogen-bond acceptors (Lipinski definition) is 12. The summed E-state index contributed by atoms with van der Waals surface area (Å²) >= 11 is 0. The Labute approximate surface area is 291 Å². The van der Waals surface area contributed by atoms with Gasteiger partial charge in [0, 0.05) is 39.0 Å². The molecule has 253 valence electrons. The number of nitrogens with two attached hydrogens (primary N) is 2. The smallest absolute Gasteiger partial charge is 0.762 e. The summed E-state index contributed by atoms with van der Waals surface area (Å²) < 4.78 is 10.3. The average Bonchev–Trinajstić information content (AvgIpc) is 3.14. The molecule has 1 radical (unpaired) electrons. The number of carbonyl (C=O) groups excluding carboxylic acids is 2. The molecule has 0 aliphatic heterocycles. The molecule has 4 aromatic rings. The van der Waals surface area contributed by atoms with E-state index in [0.717, 1.165) is 0 Å². The van der Waals surface area contributed by atoms with E-state index in [1.807, 2.05) is 0 Å². The molecule has 16 nitrogen and oxygen atoms in total. The number of hydrogen-bond donors (Lipinski definition) is 4. The van der Waals surface area contributed by atoms with Crippen LogP contribution in [-0.4, -0.2) is 67.9 Å². The fraction of sp³-hybridized carbons (Fsp3) is 0.125. The molecule has 0 aliphatic carbocycles. The summed E-state index contributed by atoms with van der Waals surface area (Å²) in [4.78, 5) is 36.1. The molecule has 4 rings (SSSR count). The molecule has 0 aromatic carbocycles. The van der Waals surface area contributed by atoms with E-state index < -0.39 is 34.5 Å². The number of carbonyl (C=O) groups is 2. The summed E-state index contributed by atoms with van der Waals surface area (Å²) in [5.74, 6) is -2.48. The standard InChI is InChI=1S/2C12H12N2O2.2C4H2N3O.Cu/c2*1-16-12(15,10-6-2-4-8-13-10)11-7-3-5-9-14-11;2*5-1-3(2-6)4(7)8;/h2*2-9,15H,1H3;2*(H2,7,8);/q;;2*-1;+2. The van der Waals surface area contributed by atoms with Gasteiger partial charge in [-0.2, -0.15) is 10.5 Å². The zero-order valence-corrected chi connectivity index (χ0v) is 26.7. The summed E-state index contributed by atoms with van der Waals surface area (Å²) in [6.07, 6.45) is 6.40. The molecule has 0 aliphatic rings. The van der Waals surface area contributed by atoms with E-state index in [1.165, 1.54) is 38.1 Å². The predicted octanol–water partition coefficient (Wildman–Crippen LogP) is 0.952. The first-order valence-corrected chi connectivity index (χ1v) is 13.1. The molecule has 6 N–H and O–H groups in total. The molecule has 4 heterocycles. The van der Waals surface area contributed by atoms with E-state index in [-0.39, 0.29) is 17.1 Å². The Kier molecular flexibility index (Phi) is 19.5. The maximum atomic E-state index is 10.4. The minimum absolute atomic E-state index is 0. The van der Waals surface area contributed by atoms with Crippen LogP contribution in [0, 0.1) is 22.7 Å². The monoisotopic (exact) mass is 711 g/mol. The van der Waals surface area contributed by atoms with Crippen LogP contribution in [0.3, 0.4) is 0 Å². The van der Waals surface area contributed by atoms with Crippen LogP contribution in [0.1, 0.15) is 22.8 Å². The number of ether oxygens (including phenoxy) is 2. The number of nitrogens with zero attached hydrogens (tertiary/aromatic N) is 8. The molecule has 0 unspecified atom stereocenters. The van der Waals surface area contributed by atoms with Gasteiger partial charge in [-0.05, 0) is 48.5 Å². The average molecular weight is 712 g/mol. The second kappa shape index (κ2) is 22.3. The number of aromatic nitrogens is 4. The van der Waals surface area contributed by atoms with Gasteiger partial charge >= 0.3 is 17.1 Å². The van der Waals surface area contributed by atoms with Crippen molar-refractivity contribution in [2.75, 3.05) is 14.2 Å². The Balaban J connectivity index is 0.000000658. The first kappa shape index (κ1) is 42.8. The minimum Gasteiger partial charge on any atom is -0.762 e. The SMILES string of the molecule is COC(O)(c1ccccn1)c1ccccn1.COC(O)(c1ccccn1)c1ccccn1.N#CC(=C=[N-])C(N)=O.N#CC(=C=[N-])C(N)=O.[Cu+2]. The van der Waals surface area contributed by atoms with Crippen molar-refractivity contribution in [2.45, 2.75) is 11.6 Å². The van der Waals surface area contributed by atoms with Crippen LogP contribution < -0.4 is 11.5 Å². The molecule has 17 heteroatoms. The molecule has 0 fully saturated rings. The number of pyridine rings is 4. The first-order chi connectivity index (χ1) is 23.0. The van der Waals surface area contributed by atoms with Crippen molar-refractivity contribution >= 4 is 23.6 Å². The van der Waals surface area contributed by atoms with Gasteiger partial charge in [0.2, 0.25) is 0 Å². The van der Waals surface area contributed by atoms with Crippen LogP contribution in [0.15, 0.2) is 109 Å². The van der Waals surface area contributed by atoms with E-state index in [1.54, 1.807) is 97.6 Å². The van der Waals surface area contributed by atoms with Gasteiger partial charge in [-0.1, -0.05) is 24.3 Å².